The highest BCUT2D eigenvalue weighted by Crippen LogP contribution is 2.20. The van der Waals surface area contributed by atoms with Gasteiger partial charge in [-0.25, -0.2) is 9.67 Å². The Hall–Kier alpha value is -2.37. The van der Waals surface area contributed by atoms with E-state index in [-0.39, 0.29) is 5.69 Å². The minimum Gasteiger partial charge on any atom is -0.396 e. The van der Waals surface area contributed by atoms with Gasteiger partial charge in [0, 0.05) is 5.69 Å². The van der Waals surface area contributed by atoms with Gasteiger partial charge in [0.2, 0.25) is 0 Å². The molecule has 0 radical (unpaired) electrons. The van der Waals surface area contributed by atoms with E-state index in [1.807, 2.05) is 20.8 Å². The smallest absolute Gasteiger partial charge is 0.267 e. The molecule has 2 aromatic heterocycles. The van der Waals surface area contributed by atoms with Crippen LogP contribution in [0.15, 0.2) is 12.1 Å². The van der Waals surface area contributed by atoms with Gasteiger partial charge in [-0.1, -0.05) is 0 Å². The Balaban J connectivity index is 2.66. The number of hydrogen-bond donors (Lipinski definition) is 2. The fourth-order valence-corrected chi connectivity index (χ4v) is 1.69. The molecule has 6 heteroatoms. The summed E-state index contributed by atoms with van der Waals surface area (Å²) in [6.45, 7) is 5.81. The largest absolute Gasteiger partial charge is 0.396 e. The first-order valence-corrected chi connectivity index (χ1v) is 5.51. The highest BCUT2D eigenvalue weighted by Gasteiger charge is 2.14. The van der Waals surface area contributed by atoms with Crippen LogP contribution in [0, 0.1) is 20.8 Å². The Morgan fingerprint density at radius 1 is 1.28 bits per heavy atom. The van der Waals surface area contributed by atoms with Crippen molar-refractivity contribution < 1.29 is 4.79 Å². The van der Waals surface area contributed by atoms with Crippen LogP contribution in [0.25, 0.3) is 5.82 Å². The molecule has 2 aromatic rings. The van der Waals surface area contributed by atoms with Crippen molar-refractivity contribution in [1.82, 2.24) is 14.8 Å². The number of pyridine rings is 1. The second-order valence-electron chi connectivity index (χ2n) is 4.18. The number of nitrogens with zero attached hydrogens (tertiary/aromatic N) is 3. The van der Waals surface area contributed by atoms with Crippen LogP contribution >= 0.6 is 0 Å². The van der Waals surface area contributed by atoms with Crippen molar-refractivity contribution in [2.45, 2.75) is 20.8 Å². The molecule has 2 heterocycles. The number of anilines is 1. The number of rotatable bonds is 2. The van der Waals surface area contributed by atoms with Crippen LogP contribution in [-0.4, -0.2) is 20.7 Å². The van der Waals surface area contributed by atoms with Gasteiger partial charge in [0.25, 0.3) is 5.91 Å². The molecule has 0 aromatic carbocycles. The van der Waals surface area contributed by atoms with Gasteiger partial charge in [-0.15, -0.1) is 0 Å². The second-order valence-corrected chi connectivity index (χ2v) is 4.18. The number of primary amides is 1. The second kappa shape index (κ2) is 4.14. The summed E-state index contributed by atoms with van der Waals surface area (Å²) < 4.78 is 1.63. The van der Waals surface area contributed by atoms with Gasteiger partial charge >= 0.3 is 0 Å². The summed E-state index contributed by atoms with van der Waals surface area (Å²) >= 11 is 0. The minimum absolute atomic E-state index is 0.171. The molecule has 0 fully saturated rings. The van der Waals surface area contributed by atoms with Gasteiger partial charge in [0.15, 0.2) is 5.82 Å². The molecule has 4 N–H and O–H groups in total. The van der Waals surface area contributed by atoms with Crippen LogP contribution in [0.4, 0.5) is 5.69 Å². The van der Waals surface area contributed by atoms with E-state index in [0.29, 0.717) is 11.5 Å². The van der Waals surface area contributed by atoms with Gasteiger partial charge in [-0.3, -0.25) is 4.79 Å². The molecule has 18 heavy (non-hydrogen) atoms. The fraction of sp³-hybridized carbons (Fsp3) is 0.250. The molecular weight excluding hydrogens is 230 g/mol. The average Bonchev–Trinajstić information content (AvgIpc) is 2.57. The summed E-state index contributed by atoms with van der Waals surface area (Å²) in [7, 11) is 0. The SMILES string of the molecule is Cc1nn(-c2nc(C(N)=O)ccc2N)c(C)c1C. The summed E-state index contributed by atoms with van der Waals surface area (Å²) in [4.78, 5) is 15.3. The van der Waals surface area contributed by atoms with Crippen molar-refractivity contribution in [2.24, 2.45) is 5.73 Å². The number of carbonyl (C=O) groups is 1. The quantitative estimate of drug-likeness (QED) is 0.820. The topological polar surface area (TPSA) is 99.8 Å². The first-order chi connectivity index (χ1) is 8.41. The van der Waals surface area contributed by atoms with Crippen molar-refractivity contribution in [3.63, 3.8) is 0 Å². The van der Waals surface area contributed by atoms with Gasteiger partial charge in [0.1, 0.15) is 5.69 Å². The maximum Gasteiger partial charge on any atom is 0.267 e. The third-order valence-corrected chi connectivity index (χ3v) is 3.01. The van der Waals surface area contributed by atoms with Crippen LogP contribution in [0.2, 0.25) is 0 Å². The molecule has 94 valence electrons. The number of aromatic nitrogens is 3. The third kappa shape index (κ3) is 1.81. The Kier molecular flexibility index (Phi) is 2.78. The van der Waals surface area contributed by atoms with E-state index in [1.54, 1.807) is 10.7 Å². The molecule has 0 saturated heterocycles. The van der Waals surface area contributed by atoms with Crippen molar-refractivity contribution in [1.29, 1.82) is 0 Å². The lowest BCUT2D eigenvalue weighted by molar-refractivity contribution is 0.0995. The molecule has 0 unspecified atom stereocenters. The van der Waals surface area contributed by atoms with Crippen LogP contribution in [0.3, 0.4) is 0 Å². The van der Waals surface area contributed by atoms with Crippen LogP contribution in [0.5, 0.6) is 0 Å². The number of nitrogen functional groups attached to an aromatic ring is 1. The molecule has 0 spiro atoms. The summed E-state index contributed by atoms with van der Waals surface area (Å²) in [6.07, 6.45) is 0. The van der Waals surface area contributed by atoms with E-state index in [0.717, 1.165) is 17.0 Å². The number of carbonyl (C=O) groups excluding carboxylic acids is 1. The van der Waals surface area contributed by atoms with Gasteiger partial charge in [-0.05, 0) is 38.5 Å². The number of hydrogen-bond acceptors (Lipinski definition) is 4. The standard InChI is InChI=1S/C12H15N5O/c1-6-7(2)16-17(8(6)3)12-9(13)4-5-10(15-12)11(14)18/h4-5H,13H2,1-3H3,(H2,14,18). The van der Waals surface area contributed by atoms with Crippen LogP contribution in [0.1, 0.15) is 27.4 Å². The Morgan fingerprint density at radius 3 is 2.44 bits per heavy atom. The molecule has 6 nitrogen and oxygen atoms in total. The summed E-state index contributed by atoms with van der Waals surface area (Å²) in [5.41, 5.74) is 14.6. The predicted octanol–water partition coefficient (Wildman–Crippen LogP) is 0.874. The average molecular weight is 245 g/mol. The lowest BCUT2D eigenvalue weighted by atomic mass is 10.2. The van der Waals surface area contributed by atoms with Gasteiger partial charge in [-0.2, -0.15) is 5.10 Å². The van der Waals surface area contributed by atoms with Crippen LogP contribution in [-0.2, 0) is 0 Å². The van der Waals surface area contributed by atoms with Gasteiger partial charge < -0.3 is 11.5 Å². The molecule has 0 aliphatic rings. The predicted molar refractivity (Wildman–Crippen MR) is 68.5 cm³/mol. The Morgan fingerprint density at radius 2 is 1.94 bits per heavy atom. The maximum absolute atomic E-state index is 11.1. The monoisotopic (exact) mass is 245 g/mol. The Labute approximate surface area is 105 Å². The highest BCUT2D eigenvalue weighted by atomic mass is 16.1. The van der Waals surface area contributed by atoms with E-state index in [4.69, 9.17) is 11.5 Å². The molecule has 0 bridgehead atoms. The third-order valence-electron chi connectivity index (χ3n) is 3.01. The van der Waals surface area contributed by atoms with E-state index in [9.17, 15) is 4.79 Å². The normalized spacial score (nSPS) is 10.6. The minimum atomic E-state index is -0.588. The number of amides is 1. The lowest BCUT2D eigenvalue weighted by Crippen LogP contribution is -2.16. The summed E-state index contributed by atoms with van der Waals surface area (Å²) in [5.74, 6) is -0.158. The van der Waals surface area contributed by atoms with Crippen LogP contribution < -0.4 is 11.5 Å². The maximum atomic E-state index is 11.1. The van der Waals surface area contributed by atoms with E-state index in [1.165, 1.54) is 6.07 Å². The molecule has 0 saturated carbocycles. The zero-order valence-corrected chi connectivity index (χ0v) is 10.6. The number of aryl methyl sites for hydroxylation is 1. The molecule has 0 atom stereocenters. The van der Waals surface area contributed by atoms with Crippen molar-refractivity contribution in [3.8, 4) is 5.82 Å². The van der Waals surface area contributed by atoms with E-state index in [2.05, 4.69) is 10.1 Å². The lowest BCUT2D eigenvalue weighted by Gasteiger charge is -2.08. The Bertz CT molecular complexity index is 630. The first kappa shape index (κ1) is 12.1. The van der Waals surface area contributed by atoms with Crippen molar-refractivity contribution in [3.05, 3.63) is 34.8 Å². The molecular formula is C12H15N5O. The van der Waals surface area contributed by atoms with E-state index < -0.39 is 5.91 Å². The van der Waals surface area contributed by atoms with E-state index >= 15 is 0 Å². The summed E-state index contributed by atoms with van der Waals surface area (Å²) in [6, 6.07) is 3.11. The zero-order chi connectivity index (χ0) is 13.4. The molecule has 0 aliphatic heterocycles. The molecule has 1 amide bonds. The first-order valence-electron chi connectivity index (χ1n) is 5.51. The fourth-order valence-electron chi connectivity index (χ4n) is 1.69. The van der Waals surface area contributed by atoms with Crippen molar-refractivity contribution >= 4 is 11.6 Å². The summed E-state index contributed by atoms with van der Waals surface area (Å²) in [5, 5.41) is 4.36. The molecule has 0 aliphatic carbocycles. The van der Waals surface area contributed by atoms with Crippen molar-refractivity contribution in [2.75, 3.05) is 5.73 Å². The molecule has 2 rings (SSSR count). The zero-order valence-electron chi connectivity index (χ0n) is 10.6. The number of nitrogens with two attached hydrogens (primary N) is 2. The highest BCUT2D eigenvalue weighted by molar-refractivity contribution is 5.91. The van der Waals surface area contributed by atoms with Gasteiger partial charge in [0.05, 0.1) is 11.4 Å².